The molecule has 1 aromatic heterocycles. The van der Waals surface area contributed by atoms with Crippen LogP contribution in [0.3, 0.4) is 0 Å². The number of H-pyrrole nitrogens is 1. The fourth-order valence-corrected chi connectivity index (χ4v) is 3.08. The maximum atomic E-state index is 13.7. The van der Waals surface area contributed by atoms with Crippen molar-refractivity contribution in [3.63, 3.8) is 0 Å². The van der Waals surface area contributed by atoms with Crippen molar-refractivity contribution in [2.24, 2.45) is 5.92 Å². The summed E-state index contributed by atoms with van der Waals surface area (Å²) in [6.45, 7) is 0.210. The minimum Gasteiger partial charge on any atom is -0.356 e. The van der Waals surface area contributed by atoms with Gasteiger partial charge in [-0.25, -0.2) is 4.39 Å². The monoisotopic (exact) mass is 374 g/mol. The molecule has 3 amide bonds. The molecule has 0 spiro atoms. The Morgan fingerprint density at radius 3 is 2.85 bits per heavy atom. The van der Waals surface area contributed by atoms with E-state index in [4.69, 9.17) is 0 Å². The first-order chi connectivity index (χ1) is 13.0. The molecule has 0 radical (unpaired) electrons. The van der Waals surface area contributed by atoms with Gasteiger partial charge in [0.05, 0.1) is 12.6 Å². The zero-order valence-corrected chi connectivity index (χ0v) is 14.4. The Labute approximate surface area is 153 Å². The third kappa shape index (κ3) is 4.30. The van der Waals surface area contributed by atoms with Gasteiger partial charge in [0.15, 0.2) is 0 Å². The minimum atomic E-state index is -0.801. The van der Waals surface area contributed by atoms with Crippen LogP contribution in [0.4, 0.5) is 4.39 Å². The number of amides is 3. The standard InChI is InChI=1S/C18H19FN4O4/c19-13-2-1-3-14-12(13)7-15(23-14)18(27)21-8-16(25)22-11(9-24)6-10-4-5-20-17(10)26/h1-3,7,9-11,23H,4-6,8H2,(H,20,26)(H,21,27)(H,22,25)/t10?,11-/m0/s1. The zero-order chi connectivity index (χ0) is 19.4. The van der Waals surface area contributed by atoms with Crippen molar-refractivity contribution in [3.05, 3.63) is 35.8 Å². The first-order valence-electron chi connectivity index (χ1n) is 8.55. The lowest BCUT2D eigenvalue weighted by atomic mass is 9.99. The highest BCUT2D eigenvalue weighted by atomic mass is 19.1. The van der Waals surface area contributed by atoms with E-state index in [1.807, 2.05) is 0 Å². The molecule has 2 aromatic rings. The summed E-state index contributed by atoms with van der Waals surface area (Å²) in [5, 5.41) is 7.85. The molecule has 9 heteroatoms. The number of nitrogens with one attached hydrogen (secondary N) is 4. The Kier molecular flexibility index (Phi) is 5.49. The first-order valence-corrected chi connectivity index (χ1v) is 8.55. The summed E-state index contributed by atoms with van der Waals surface area (Å²) < 4.78 is 13.7. The Morgan fingerprint density at radius 2 is 2.19 bits per heavy atom. The number of carbonyl (C=O) groups excluding carboxylic acids is 4. The van der Waals surface area contributed by atoms with E-state index in [2.05, 4.69) is 20.9 Å². The van der Waals surface area contributed by atoms with Gasteiger partial charge in [-0.15, -0.1) is 0 Å². The molecule has 0 saturated carbocycles. The number of hydrogen-bond donors (Lipinski definition) is 4. The van der Waals surface area contributed by atoms with Gasteiger partial charge in [-0.2, -0.15) is 0 Å². The van der Waals surface area contributed by atoms with E-state index in [1.54, 1.807) is 6.07 Å². The van der Waals surface area contributed by atoms with Crippen LogP contribution in [0.1, 0.15) is 23.3 Å². The van der Waals surface area contributed by atoms with Gasteiger partial charge in [0.2, 0.25) is 11.8 Å². The topological polar surface area (TPSA) is 120 Å². The van der Waals surface area contributed by atoms with E-state index < -0.39 is 23.7 Å². The van der Waals surface area contributed by atoms with Gasteiger partial charge in [0, 0.05) is 23.4 Å². The van der Waals surface area contributed by atoms with Crippen LogP contribution in [-0.4, -0.2) is 48.1 Å². The molecule has 1 saturated heterocycles. The third-order valence-corrected chi connectivity index (χ3v) is 4.48. The van der Waals surface area contributed by atoms with Crippen LogP contribution in [0.15, 0.2) is 24.3 Å². The minimum absolute atomic E-state index is 0.123. The molecule has 1 aliphatic heterocycles. The van der Waals surface area contributed by atoms with E-state index in [-0.39, 0.29) is 35.9 Å². The van der Waals surface area contributed by atoms with Gasteiger partial charge in [-0.3, -0.25) is 14.4 Å². The molecule has 0 bridgehead atoms. The molecule has 3 rings (SSSR count). The summed E-state index contributed by atoms with van der Waals surface area (Å²) in [5.41, 5.74) is 0.595. The number of fused-ring (bicyclic) bond motifs is 1. The van der Waals surface area contributed by atoms with E-state index >= 15 is 0 Å². The lowest BCUT2D eigenvalue weighted by molar-refractivity contribution is -0.125. The van der Waals surface area contributed by atoms with Crippen molar-refractivity contribution in [2.45, 2.75) is 18.9 Å². The molecule has 142 valence electrons. The fourth-order valence-electron chi connectivity index (χ4n) is 3.08. The van der Waals surface area contributed by atoms with Gasteiger partial charge in [0.1, 0.15) is 17.8 Å². The van der Waals surface area contributed by atoms with E-state index in [1.165, 1.54) is 18.2 Å². The molecule has 27 heavy (non-hydrogen) atoms. The van der Waals surface area contributed by atoms with Crippen LogP contribution < -0.4 is 16.0 Å². The first kappa shape index (κ1) is 18.6. The van der Waals surface area contributed by atoms with Gasteiger partial charge in [-0.1, -0.05) is 6.07 Å². The van der Waals surface area contributed by atoms with Gasteiger partial charge in [0.25, 0.3) is 5.91 Å². The molecular formula is C18H19FN4O4. The van der Waals surface area contributed by atoms with Gasteiger partial charge in [-0.05, 0) is 31.0 Å². The molecule has 0 aliphatic carbocycles. The second-order valence-electron chi connectivity index (χ2n) is 6.39. The number of benzene rings is 1. The van der Waals surface area contributed by atoms with Crippen LogP contribution in [0.5, 0.6) is 0 Å². The Balaban J connectivity index is 1.52. The molecule has 1 aliphatic rings. The summed E-state index contributed by atoms with van der Waals surface area (Å²) in [6, 6.07) is 5.01. The fraction of sp³-hybridized carbons (Fsp3) is 0.333. The second-order valence-corrected chi connectivity index (χ2v) is 6.39. The van der Waals surface area contributed by atoms with Crippen LogP contribution in [0, 0.1) is 11.7 Å². The van der Waals surface area contributed by atoms with E-state index in [0.29, 0.717) is 24.8 Å². The summed E-state index contributed by atoms with van der Waals surface area (Å²) in [4.78, 5) is 49.6. The average molecular weight is 374 g/mol. The van der Waals surface area contributed by atoms with E-state index in [0.717, 1.165) is 0 Å². The quantitative estimate of drug-likeness (QED) is 0.519. The predicted octanol–water partition coefficient (Wildman–Crippen LogP) is 0.247. The number of aromatic amines is 1. The summed E-state index contributed by atoms with van der Waals surface area (Å²) in [5.74, 6) is -2.02. The van der Waals surface area contributed by atoms with Crippen molar-refractivity contribution in [3.8, 4) is 0 Å². The lowest BCUT2D eigenvalue weighted by Crippen LogP contribution is -2.44. The SMILES string of the molecule is O=C[C@H](CC1CCNC1=O)NC(=O)CNC(=O)c1cc2c(F)cccc2[nH]1. The van der Waals surface area contributed by atoms with Crippen molar-refractivity contribution in [1.29, 1.82) is 0 Å². The smallest absolute Gasteiger partial charge is 0.268 e. The third-order valence-electron chi connectivity index (χ3n) is 4.48. The Morgan fingerprint density at radius 1 is 1.37 bits per heavy atom. The van der Waals surface area contributed by atoms with Crippen molar-refractivity contribution < 1.29 is 23.6 Å². The van der Waals surface area contributed by atoms with Crippen molar-refractivity contribution in [2.75, 3.05) is 13.1 Å². The second kappa shape index (κ2) is 7.98. The highest BCUT2D eigenvalue weighted by Gasteiger charge is 2.27. The Bertz CT molecular complexity index is 895. The molecule has 2 heterocycles. The average Bonchev–Trinajstić information content (AvgIpc) is 3.26. The number of carbonyl (C=O) groups is 4. The maximum absolute atomic E-state index is 13.7. The number of hydrogen-bond acceptors (Lipinski definition) is 4. The van der Waals surface area contributed by atoms with Crippen molar-refractivity contribution in [1.82, 2.24) is 20.9 Å². The zero-order valence-electron chi connectivity index (χ0n) is 14.4. The van der Waals surface area contributed by atoms with Crippen LogP contribution in [-0.2, 0) is 14.4 Å². The normalized spacial score (nSPS) is 17.4. The lowest BCUT2D eigenvalue weighted by Gasteiger charge is -2.15. The van der Waals surface area contributed by atoms with Crippen LogP contribution >= 0.6 is 0 Å². The molecule has 1 aromatic carbocycles. The van der Waals surface area contributed by atoms with Gasteiger partial charge < -0.3 is 25.7 Å². The number of aldehydes is 1. The highest BCUT2D eigenvalue weighted by molar-refractivity contribution is 5.99. The molecule has 8 nitrogen and oxygen atoms in total. The van der Waals surface area contributed by atoms with Gasteiger partial charge >= 0.3 is 0 Å². The van der Waals surface area contributed by atoms with E-state index in [9.17, 15) is 23.6 Å². The Hall–Kier alpha value is -3.23. The highest BCUT2D eigenvalue weighted by Crippen LogP contribution is 2.18. The summed E-state index contributed by atoms with van der Waals surface area (Å²) in [6.07, 6.45) is 1.41. The molecule has 2 atom stereocenters. The number of rotatable bonds is 7. The largest absolute Gasteiger partial charge is 0.356 e. The van der Waals surface area contributed by atoms with Crippen LogP contribution in [0.2, 0.25) is 0 Å². The van der Waals surface area contributed by atoms with Crippen molar-refractivity contribution >= 4 is 34.9 Å². The summed E-state index contributed by atoms with van der Waals surface area (Å²) in [7, 11) is 0. The molecular weight excluding hydrogens is 355 g/mol. The molecule has 1 fully saturated rings. The molecule has 1 unspecified atom stereocenters. The van der Waals surface area contributed by atoms with Crippen LogP contribution in [0.25, 0.3) is 10.9 Å². The summed E-state index contributed by atoms with van der Waals surface area (Å²) >= 11 is 0. The number of halogens is 1. The number of aromatic nitrogens is 1. The molecule has 4 N–H and O–H groups in total. The predicted molar refractivity (Wildman–Crippen MR) is 94.3 cm³/mol. The maximum Gasteiger partial charge on any atom is 0.268 e.